The number of carbonyl (C=O) groups is 6. The van der Waals surface area contributed by atoms with Crippen LogP contribution in [0.2, 0.25) is 0 Å². The molecule has 0 radical (unpaired) electrons. The summed E-state index contributed by atoms with van der Waals surface area (Å²) in [5.41, 5.74) is -1.02. The van der Waals surface area contributed by atoms with Gasteiger partial charge in [0, 0.05) is 46.1 Å². The highest BCUT2D eigenvalue weighted by molar-refractivity contribution is 9.10. The number of hydrogen-bond donors (Lipinski definition) is 0. The normalized spacial score (nSPS) is 23.5. The van der Waals surface area contributed by atoms with Crippen molar-refractivity contribution < 1.29 is 43.0 Å². The van der Waals surface area contributed by atoms with Crippen LogP contribution in [-0.2, 0) is 32.0 Å². The van der Waals surface area contributed by atoms with Gasteiger partial charge in [0.1, 0.15) is 11.3 Å². The summed E-state index contributed by atoms with van der Waals surface area (Å²) in [7, 11) is 6.34. The molecule has 0 unspecified atom stereocenters. The number of hydrogen-bond acceptors (Lipinski definition) is 9. The van der Waals surface area contributed by atoms with Crippen LogP contribution in [-0.4, -0.2) is 97.4 Å². The molecular formula is C23H23BrN4O9. The zero-order chi connectivity index (χ0) is 27.1. The zero-order valence-electron chi connectivity index (χ0n) is 20.6. The largest absolute Gasteiger partial charge is 0.492 e. The molecule has 0 bridgehead atoms. The topological polar surface area (TPSA) is 143 Å². The molecular weight excluding hydrogens is 556 g/mol. The van der Waals surface area contributed by atoms with Gasteiger partial charge in [0.25, 0.3) is 0 Å². The Morgan fingerprint density at radius 3 is 1.86 bits per heavy atom. The number of rotatable bonds is 2. The summed E-state index contributed by atoms with van der Waals surface area (Å²) in [6.07, 6.45) is -0.405. The molecule has 1 aromatic carbocycles. The Morgan fingerprint density at radius 2 is 1.32 bits per heavy atom. The van der Waals surface area contributed by atoms with Crippen molar-refractivity contribution in [1.82, 2.24) is 19.6 Å². The maximum absolute atomic E-state index is 13.9. The fraction of sp³-hybridized carbons (Fsp3) is 0.478. The van der Waals surface area contributed by atoms with Crippen molar-refractivity contribution in [3.05, 3.63) is 15.6 Å². The van der Waals surface area contributed by atoms with Gasteiger partial charge in [0.05, 0.1) is 11.6 Å². The molecule has 14 heteroatoms. The minimum Gasteiger partial charge on any atom is -0.492 e. The first-order chi connectivity index (χ1) is 17.4. The molecule has 196 valence electrons. The molecule has 1 spiro atoms. The highest BCUT2D eigenvalue weighted by Gasteiger charge is 2.66. The maximum Gasteiger partial charge on any atom is 0.332 e. The summed E-state index contributed by atoms with van der Waals surface area (Å²) in [4.78, 5) is 83.0. The molecule has 3 aliphatic heterocycles. The quantitative estimate of drug-likeness (QED) is 0.461. The smallest absolute Gasteiger partial charge is 0.332 e. The lowest BCUT2D eigenvalue weighted by atomic mass is 9.57. The molecule has 1 atom stereocenters. The second kappa shape index (κ2) is 8.16. The third-order valence-electron chi connectivity index (χ3n) is 7.75. The molecule has 8 amide bonds. The molecule has 1 aliphatic carbocycles. The minimum absolute atomic E-state index is 0.0864. The van der Waals surface area contributed by atoms with Crippen LogP contribution >= 0.6 is 15.9 Å². The van der Waals surface area contributed by atoms with E-state index >= 15 is 0 Å². The monoisotopic (exact) mass is 578 g/mol. The van der Waals surface area contributed by atoms with E-state index in [-0.39, 0.29) is 31.1 Å². The van der Waals surface area contributed by atoms with E-state index in [4.69, 9.17) is 14.2 Å². The first kappa shape index (κ1) is 25.0. The summed E-state index contributed by atoms with van der Waals surface area (Å²) in [6.45, 7) is -0.0864. The fourth-order valence-electron chi connectivity index (χ4n) is 5.81. The van der Waals surface area contributed by atoms with Crippen LogP contribution in [0.15, 0.2) is 4.47 Å². The van der Waals surface area contributed by atoms with E-state index in [1.165, 1.54) is 35.3 Å². The highest BCUT2D eigenvalue weighted by atomic mass is 79.9. The van der Waals surface area contributed by atoms with Crippen LogP contribution in [0, 0.1) is 17.3 Å². The van der Waals surface area contributed by atoms with Gasteiger partial charge in [-0.05, 0) is 27.9 Å². The lowest BCUT2D eigenvalue weighted by molar-refractivity contribution is -0.168. The Balaban J connectivity index is 1.80. The molecule has 13 nitrogen and oxygen atoms in total. The molecule has 0 aromatic heterocycles. The minimum atomic E-state index is -2.02. The third kappa shape index (κ3) is 3.01. The van der Waals surface area contributed by atoms with Crippen molar-refractivity contribution in [3.8, 4) is 17.2 Å². The summed E-state index contributed by atoms with van der Waals surface area (Å²) in [5.74, 6) is -5.29. The number of amides is 8. The van der Waals surface area contributed by atoms with E-state index in [1.54, 1.807) is 0 Å². The molecule has 37 heavy (non-hydrogen) atoms. The summed E-state index contributed by atoms with van der Waals surface area (Å²) in [5, 5.41) is 0. The van der Waals surface area contributed by atoms with Crippen LogP contribution in [0.1, 0.15) is 11.1 Å². The van der Waals surface area contributed by atoms with Crippen LogP contribution in [0.25, 0.3) is 0 Å². The van der Waals surface area contributed by atoms with E-state index in [9.17, 15) is 28.8 Å². The van der Waals surface area contributed by atoms with Gasteiger partial charge in [0.2, 0.25) is 36.2 Å². The Bertz CT molecular complexity index is 1280. The lowest BCUT2D eigenvalue weighted by Crippen LogP contribution is -2.70. The van der Waals surface area contributed by atoms with Crippen molar-refractivity contribution in [2.75, 3.05) is 42.1 Å². The van der Waals surface area contributed by atoms with Crippen molar-refractivity contribution >= 4 is 51.6 Å². The van der Waals surface area contributed by atoms with Crippen molar-refractivity contribution in [3.63, 3.8) is 0 Å². The number of nitrogens with zero attached hydrogens (tertiary/aromatic N) is 4. The first-order valence-electron chi connectivity index (χ1n) is 11.3. The second-order valence-electron chi connectivity index (χ2n) is 9.39. The Hall–Kier alpha value is -3.68. The lowest BCUT2D eigenvalue weighted by Gasteiger charge is -2.51. The third-order valence-corrected chi connectivity index (χ3v) is 8.59. The molecule has 1 aromatic rings. The Kier molecular flexibility index (Phi) is 5.51. The molecule has 0 N–H and O–H groups in total. The molecule has 2 saturated heterocycles. The summed E-state index contributed by atoms with van der Waals surface area (Å²) >= 11 is 3.52. The molecule has 4 aliphatic rings. The number of barbiturate groups is 2. The van der Waals surface area contributed by atoms with Gasteiger partial charge in [-0.2, -0.15) is 0 Å². The van der Waals surface area contributed by atoms with Gasteiger partial charge in [-0.3, -0.25) is 38.8 Å². The number of imide groups is 4. The molecule has 2 fully saturated rings. The summed E-state index contributed by atoms with van der Waals surface area (Å²) < 4.78 is 17.3. The van der Waals surface area contributed by atoms with Gasteiger partial charge in [0.15, 0.2) is 11.5 Å². The van der Waals surface area contributed by atoms with Crippen LogP contribution in [0.5, 0.6) is 17.2 Å². The number of urea groups is 2. The van der Waals surface area contributed by atoms with Crippen molar-refractivity contribution in [2.45, 2.75) is 12.8 Å². The predicted octanol–water partition coefficient (Wildman–Crippen LogP) is 0.605. The standard InChI is InChI=1S/C23H23BrN4O9/c1-25-17(29)12(18(30)26(2)21(25)33)11-6-9-10(14(35-5)16-15(13(9)24)36-8-37-16)7-23(11)19(31)27(3)22(34)28(4)20(23)32/h11-12H,6-8H2,1-5H3/t11-/m1/s1. The molecule has 5 rings (SSSR count). The Morgan fingerprint density at radius 1 is 0.811 bits per heavy atom. The second-order valence-corrected chi connectivity index (χ2v) is 10.2. The van der Waals surface area contributed by atoms with Gasteiger partial charge in [-0.25, -0.2) is 9.59 Å². The number of methoxy groups -OCH3 is 1. The number of carbonyl (C=O) groups excluding carboxylic acids is 6. The van der Waals surface area contributed by atoms with Crippen LogP contribution < -0.4 is 14.2 Å². The zero-order valence-corrected chi connectivity index (χ0v) is 22.2. The van der Waals surface area contributed by atoms with Crippen molar-refractivity contribution in [2.24, 2.45) is 17.3 Å². The van der Waals surface area contributed by atoms with Crippen LogP contribution in [0.3, 0.4) is 0 Å². The first-order valence-corrected chi connectivity index (χ1v) is 12.1. The number of ether oxygens (including phenoxy) is 3. The number of fused-ring (bicyclic) bond motifs is 2. The van der Waals surface area contributed by atoms with Gasteiger partial charge in [-0.15, -0.1) is 0 Å². The fourth-order valence-corrected chi connectivity index (χ4v) is 6.51. The van der Waals surface area contributed by atoms with Gasteiger partial charge >= 0.3 is 12.1 Å². The van der Waals surface area contributed by atoms with Gasteiger partial charge in [-0.1, -0.05) is 0 Å². The van der Waals surface area contributed by atoms with E-state index in [0.29, 0.717) is 21.3 Å². The van der Waals surface area contributed by atoms with E-state index < -0.39 is 52.9 Å². The van der Waals surface area contributed by atoms with E-state index in [1.807, 2.05) is 0 Å². The van der Waals surface area contributed by atoms with E-state index in [0.717, 1.165) is 19.6 Å². The maximum atomic E-state index is 13.9. The highest BCUT2D eigenvalue weighted by Crippen LogP contribution is 2.58. The van der Waals surface area contributed by atoms with Crippen LogP contribution in [0.4, 0.5) is 9.59 Å². The molecule has 0 saturated carbocycles. The average Bonchev–Trinajstić information content (AvgIpc) is 3.38. The number of benzene rings is 1. The molecule has 3 heterocycles. The Labute approximate surface area is 219 Å². The van der Waals surface area contributed by atoms with Crippen molar-refractivity contribution in [1.29, 1.82) is 0 Å². The SMILES string of the molecule is COc1c2c(c(Br)c3c1OCO3)C[C@H](C1C(=O)N(C)C(=O)N(C)C1=O)C1(C2)C(=O)N(C)C(=O)N(C)C1=O. The predicted molar refractivity (Wildman–Crippen MR) is 126 cm³/mol. The summed E-state index contributed by atoms with van der Waals surface area (Å²) in [6, 6.07) is -1.66. The number of halogens is 1. The average molecular weight is 579 g/mol. The van der Waals surface area contributed by atoms with Gasteiger partial charge < -0.3 is 14.2 Å². The van der Waals surface area contributed by atoms with E-state index in [2.05, 4.69) is 15.9 Å².